The highest BCUT2D eigenvalue weighted by molar-refractivity contribution is 7.17. The van der Waals surface area contributed by atoms with Gasteiger partial charge < -0.3 is 0 Å². The first-order valence-electron chi connectivity index (χ1n) is 4.35. The van der Waals surface area contributed by atoms with E-state index >= 15 is 0 Å². The van der Waals surface area contributed by atoms with Crippen LogP contribution in [0.3, 0.4) is 0 Å². The second kappa shape index (κ2) is 3.11. The molecule has 13 heavy (non-hydrogen) atoms. The minimum atomic E-state index is -0.102. The minimum Gasteiger partial charge on any atom is -0.205 e. The average molecular weight is 194 g/mol. The van der Waals surface area contributed by atoms with Crippen LogP contribution in [0.1, 0.15) is 25.3 Å². The Kier molecular flexibility index (Phi) is 2.08. The van der Waals surface area contributed by atoms with E-state index in [1.807, 2.05) is 17.5 Å². The fourth-order valence-electron chi connectivity index (χ4n) is 1.55. The van der Waals surface area contributed by atoms with Gasteiger partial charge in [-0.2, -0.15) is 0 Å². The molecule has 0 aliphatic rings. The summed E-state index contributed by atoms with van der Waals surface area (Å²) in [4.78, 5) is 0. The van der Waals surface area contributed by atoms with Gasteiger partial charge in [-0.05, 0) is 34.4 Å². The van der Waals surface area contributed by atoms with Gasteiger partial charge in [0.1, 0.15) is 5.82 Å². The zero-order valence-electron chi connectivity index (χ0n) is 7.67. The molecule has 0 fully saturated rings. The van der Waals surface area contributed by atoms with Crippen LogP contribution >= 0.6 is 11.3 Å². The van der Waals surface area contributed by atoms with Gasteiger partial charge in [0, 0.05) is 0 Å². The third-order valence-electron chi connectivity index (χ3n) is 2.22. The molecule has 1 aromatic carbocycles. The first-order chi connectivity index (χ1) is 6.20. The number of thiophene rings is 1. The number of benzene rings is 1. The predicted molar refractivity (Wildman–Crippen MR) is 55.9 cm³/mol. The van der Waals surface area contributed by atoms with E-state index in [0.29, 0.717) is 5.92 Å². The summed E-state index contributed by atoms with van der Waals surface area (Å²) in [7, 11) is 0. The van der Waals surface area contributed by atoms with Gasteiger partial charge in [0.2, 0.25) is 0 Å². The molecule has 2 rings (SSSR count). The Morgan fingerprint density at radius 1 is 1.23 bits per heavy atom. The van der Waals surface area contributed by atoms with E-state index < -0.39 is 0 Å². The summed E-state index contributed by atoms with van der Waals surface area (Å²) in [6.07, 6.45) is 0. The summed E-state index contributed by atoms with van der Waals surface area (Å²) in [6, 6.07) is 5.45. The summed E-state index contributed by atoms with van der Waals surface area (Å²) >= 11 is 1.47. The van der Waals surface area contributed by atoms with Crippen LogP contribution < -0.4 is 0 Å². The Hall–Kier alpha value is -0.890. The normalized spacial score (nSPS) is 11.4. The lowest BCUT2D eigenvalue weighted by molar-refractivity contribution is 0.641. The summed E-state index contributed by atoms with van der Waals surface area (Å²) in [5.41, 5.74) is 1.23. The molecule has 0 aliphatic heterocycles. The zero-order valence-corrected chi connectivity index (χ0v) is 8.49. The van der Waals surface area contributed by atoms with Crippen LogP contribution in [-0.2, 0) is 0 Å². The molecule has 0 aliphatic carbocycles. The number of fused-ring (bicyclic) bond motifs is 1. The first-order valence-corrected chi connectivity index (χ1v) is 5.23. The maximum atomic E-state index is 13.3. The first kappa shape index (κ1) is 8.70. The zero-order chi connectivity index (χ0) is 9.42. The molecule has 0 unspecified atom stereocenters. The van der Waals surface area contributed by atoms with Crippen molar-refractivity contribution in [2.75, 3.05) is 0 Å². The molecular formula is C11H11FS. The molecular weight excluding hydrogens is 183 g/mol. The lowest BCUT2D eigenvalue weighted by Gasteiger charge is -2.06. The summed E-state index contributed by atoms with van der Waals surface area (Å²) in [5.74, 6) is 0.354. The van der Waals surface area contributed by atoms with E-state index in [-0.39, 0.29) is 5.82 Å². The van der Waals surface area contributed by atoms with Gasteiger partial charge in [-0.3, -0.25) is 0 Å². The van der Waals surface area contributed by atoms with Crippen LogP contribution in [0.5, 0.6) is 0 Å². The fraction of sp³-hybridized carbons (Fsp3) is 0.273. The molecule has 1 aromatic heterocycles. The van der Waals surface area contributed by atoms with Gasteiger partial charge in [-0.25, -0.2) is 4.39 Å². The number of hydrogen-bond acceptors (Lipinski definition) is 1. The molecule has 0 spiro atoms. The van der Waals surface area contributed by atoms with Crippen LogP contribution in [-0.4, -0.2) is 0 Å². The topological polar surface area (TPSA) is 0 Å². The van der Waals surface area contributed by atoms with Crippen molar-refractivity contribution in [1.29, 1.82) is 0 Å². The number of hydrogen-bond donors (Lipinski definition) is 0. The van der Waals surface area contributed by atoms with Crippen molar-refractivity contribution in [1.82, 2.24) is 0 Å². The van der Waals surface area contributed by atoms with Gasteiger partial charge in [0.15, 0.2) is 0 Å². The van der Waals surface area contributed by atoms with E-state index in [2.05, 4.69) is 13.8 Å². The van der Waals surface area contributed by atoms with Crippen LogP contribution in [0.15, 0.2) is 23.6 Å². The molecule has 0 bridgehead atoms. The second-order valence-electron chi connectivity index (χ2n) is 3.45. The Morgan fingerprint density at radius 2 is 2.00 bits per heavy atom. The molecule has 1 heterocycles. The van der Waals surface area contributed by atoms with E-state index in [0.717, 1.165) is 10.1 Å². The smallest absolute Gasteiger partial charge is 0.141 e. The summed E-state index contributed by atoms with van der Waals surface area (Å²) in [6.45, 7) is 4.26. The molecule has 0 radical (unpaired) electrons. The SMILES string of the molecule is CC(C)c1ccc(F)c2sccc12. The quantitative estimate of drug-likeness (QED) is 0.639. The molecule has 2 aromatic rings. The van der Waals surface area contributed by atoms with Crippen molar-refractivity contribution in [3.05, 3.63) is 35.0 Å². The molecule has 0 saturated carbocycles. The molecule has 2 heteroatoms. The predicted octanol–water partition coefficient (Wildman–Crippen LogP) is 4.16. The Balaban J connectivity index is 2.78. The van der Waals surface area contributed by atoms with Crippen LogP contribution in [0, 0.1) is 5.82 Å². The van der Waals surface area contributed by atoms with Gasteiger partial charge >= 0.3 is 0 Å². The highest BCUT2D eigenvalue weighted by atomic mass is 32.1. The fourth-order valence-corrected chi connectivity index (χ4v) is 2.39. The molecule has 0 N–H and O–H groups in total. The van der Waals surface area contributed by atoms with Gasteiger partial charge in [-0.15, -0.1) is 11.3 Å². The van der Waals surface area contributed by atoms with E-state index in [1.54, 1.807) is 6.07 Å². The van der Waals surface area contributed by atoms with Gasteiger partial charge in [-0.1, -0.05) is 19.9 Å². The van der Waals surface area contributed by atoms with E-state index in [4.69, 9.17) is 0 Å². The van der Waals surface area contributed by atoms with E-state index in [9.17, 15) is 4.39 Å². The van der Waals surface area contributed by atoms with Crippen molar-refractivity contribution in [2.24, 2.45) is 0 Å². The lowest BCUT2D eigenvalue weighted by atomic mass is 10.00. The molecule has 0 atom stereocenters. The molecule has 0 saturated heterocycles. The highest BCUT2D eigenvalue weighted by Crippen LogP contribution is 2.30. The molecule has 0 nitrogen and oxygen atoms in total. The summed E-state index contributed by atoms with van der Waals surface area (Å²) < 4.78 is 14.1. The van der Waals surface area contributed by atoms with Crippen molar-refractivity contribution < 1.29 is 4.39 Å². The summed E-state index contributed by atoms with van der Waals surface area (Å²) in [5, 5.41) is 3.01. The van der Waals surface area contributed by atoms with Crippen molar-refractivity contribution in [2.45, 2.75) is 19.8 Å². The molecule has 68 valence electrons. The van der Waals surface area contributed by atoms with E-state index in [1.165, 1.54) is 16.9 Å². The Morgan fingerprint density at radius 3 is 2.69 bits per heavy atom. The van der Waals surface area contributed by atoms with Gasteiger partial charge in [0.25, 0.3) is 0 Å². The third kappa shape index (κ3) is 1.35. The number of rotatable bonds is 1. The molecule has 0 amide bonds. The monoisotopic (exact) mass is 194 g/mol. The van der Waals surface area contributed by atoms with Crippen molar-refractivity contribution in [3.63, 3.8) is 0 Å². The largest absolute Gasteiger partial charge is 0.205 e. The van der Waals surface area contributed by atoms with Crippen LogP contribution in [0.4, 0.5) is 4.39 Å². The minimum absolute atomic E-state index is 0.102. The van der Waals surface area contributed by atoms with Crippen LogP contribution in [0.25, 0.3) is 10.1 Å². The van der Waals surface area contributed by atoms with Crippen LogP contribution in [0.2, 0.25) is 0 Å². The lowest BCUT2D eigenvalue weighted by Crippen LogP contribution is -1.88. The highest BCUT2D eigenvalue weighted by Gasteiger charge is 2.08. The van der Waals surface area contributed by atoms with Gasteiger partial charge in [0.05, 0.1) is 4.70 Å². The maximum Gasteiger partial charge on any atom is 0.141 e. The number of halogens is 1. The second-order valence-corrected chi connectivity index (χ2v) is 4.37. The Bertz CT molecular complexity index is 429. The third-order valence-corrected chi connectivity index (χ3v) is 3.15. The van der Waals surface area contributed by atoms with Crippen molar-refractivity contribution >= 4 is 21.4 Å². The maximum absolute atomic E-state index is 13.3. The van der Waals surface area contributed by atoms with Crippen molar-refractivity contribution in [3.8, 4) is 0 Å². The standard InChI is InChI=1S/C11H11FS/c1-7(2)8-3-4-10(12)11-9(8)5-6-13-11/h3-7H,1-2H3. The Labute approximate surface area is 81.0 Å². The average Bonchev–Trinajstić information content (AvgIpc) is 2.53.